The zero-order valence-corrected chi connectivity index (χ0v) is 25.4. The van der Waals surface area contributed by atoms with Crippen molar-refractivity contribution in [2.45, 2.75) is 24.7 Å². The number of fused-ring (bicyclic) bond motifs is 1. The number of pyridine rings is 1. The van der Waals surface area contributed by atoms with E-state index >= 15 is 0 Å². The Kier molecular flexibility index (Phi) is 9.19. The Morgan fingerprint density at radius 3 is 2.40 bits per heavy atom. The van der Waals surface area contributed by atoms with Crippen LogP contribution < -0.4 is 10.2 Å². The second kappa shape index (κ2) is 12.9. The van der Waals surface area contributed by atoms with Gasteiger partial charge in [0.1, 0.15) is 6.54 Å². The highest BCUT2D eigenvalue weighted by Gasteiger charge is 2.45. The molecule has 0 radical (unpaired) electrons. The summed E-state index contributed by atoms with van der Waals surface area (Å²) in [7, 11) is -3.94. The van der Waals surface area contributed by atoms with Gasteiger partial charge < -0.3 is 19.9 Å². The van der Waals surface area contributed by atoms with Crippen molar-refractivity contribution in [3.8, 4) is 0 Å². The summed E-state index contributed by atoms with van der Waals surface area (Å²) in [6.45, 7) is 2.78. The number of aromatic nitrogens is 1. The number of anilines is 1. The lowest BCUT2D eigenvalue weighted by molar-refractivity contribution is -0.147. The molecule has 3 heterocycles. The van der Waals surface area contributed by atoms with Gasteiger partial charge in [-0.1, -0.05) is 23.7 Å². The van der Waals surface area contributed by atoms with Gasteiger partial charge in [-0.3, -0.25) is 19.4 Å². The van der Waals surface area contributed by atoms with Crippen LogP contribution in [0.3, 0.4) is 0 Å². The summed E-state index contributed by atoms with van der Waals surface area (Å²) in [5, 5.41) is 4.81. The fourth-order valence-corrected chi connectivity index (χ4v) is 7.28. The number of nitrogens with zero attached hydrogens (tertiary/aromatic N) is 4. The molecule has 2 aromatic carbocycles. The van der Waals surface area contributed by atoms with Crippen molar-refractivity contribution >= 4 is 55.9 Å². The molecule has 2 saturated heterocycles. The van der Waals surface area contributed by atoms with E-state index in [4.69, 9.17) is 16.3 Å². The summed E-state index contributed by atoms with van der Waals surface area (Å²) >= 11 is 6.06. The molecular weight excluding hydrogens is 594 g/mol. The summed E-state index contributed by atoms with van der Waals surface area (Å²) in [6, 6.07) is 13.8. The van der Waals surface area contributed by atoms with Crippen LogP contribution >= 0.6 is 11.6 Å². The number of esters is 1. The highest BCUT2D eigenvalue weighted by molar-refractivity contribution is 7.89. The Morgan fingerprint density at radius 1 is 1.00 bits per heavy atom. The standard InChI is InChI=1S/C30H34ClN5O6S/c1-2-42-28(38)19-33-29(39)30(9-13-34(14-10-30)25-7-11-32-12-8-25)21-35-15-16-36(20-27(35)37)43(40,41)26-6-4-22-17-24(31)5-3-23(22)18-26/h3-8,11-12,17-18H,2,9-10,13-16,19-21H2,1H3,(H,33,39). The number of ether oxygens (including phenoxy) is 1. The molecule has 2 fully saturated rings. The number of hydrogen-bond donors (Lipinski definition) is 1. The van der Waals surface area contributed by atoms with Crippen LogP contribution in [0.15, 0.2) is 65.8 Å². The molecule has 0 unspecified atom stereocenters. The molecule has 228 valence electrons. The fourth-order valence-electron chi connectivity index (χ4n) is 5.69. The summed E-state index contributed by atoms with van der Waals surface area (Å²) < 4.78 is 33.1. The lowest BCUT2D eigenvalue weighted by Gasteiger charge is -2.45. The summed E-state index contributed by atoms with van der Waals surface area (Å²) in [6.07, 6.45) is 4.31. The summed E-state index contributed by atoms with van der Waals surface area (Å²) in [5.74, 6) is -1.24. The van der Waals surface area contributed by atoms with Gasteiger partial charge in [0, 0.05) is 55.8 Å². The maximum Gasteiger partial charge on any atom is 0.325 e. The van der Waals surface area contributed by atoms with E-state index in [1.807, 2.05) is 12.1 Å². The van der Waals surface area contributed by atoms with Crippen LogP contribution in [0.5, 0.6) is 0 Å². The zero-order valence-electron chi connectivity index (χ0n) is 23.9. The molecule has 13 heteroatoms. The van der Waals surface area contributed by atoms with Gasteiger partial charge in [0.2, 0.25) is 21.8 Å². The number of benzene rings is 2. The van der Waals surface area contributed by atoms with Crippen molar-refractivity contribution in [3.63, 3.8) is 0 Å². The van der Waals surface area contributed by atoms with Crippen molar-refractivity contribution in [2.75, 3.05) is 57.3 Å². The van der Waals surface area contributed by atoms with E-state index in [0.717, 1.165) is 16.5 Å². The number of carbonyl (C=O) groups excluding carboxylic acids is 3. The van der Waals surface area contributed by atoms with E-state index in [0.29, 0.717) is 31.0 Å². The highest BCUT2D eigenvalue weighted by Crippen LogP contribution is 2.35. The Morgan fingerprint density at radius 2 is 1.70 bits per heavy atom. The Hall–Kier alpha value is -3.74. The van der Waals surface area contributed by atoms with Crippen LogP contribution in [-0.2, 0) is 29.1 Å². The number of carbonyl (C=O) groups is 3. The largest absolute Gasteiger partial charge is 0.465 e. The summed E-state index contributed by atoms with van der Waals surface area (Å²) in [5.41, 5.74) is 0.0361. The third-order valence-electron chi connectivity index (χ3n) is 8.12. The Labute approximate surface area is 255 Å². The first-order chi connectivity index (χ1) is 20.6. The van der Waals surface area contributed by atoms with Crippen LogP contribution in [0, 0.1) is 5.41 Å². The Balaban J connectivity index is 1.30. The molecule has 1 aromatic heterocycles. The Bertz CT molecular complexity index is 1610. The van der Waals surface area contributed by atoms with Gasteiger partial charge in [-0.15, -0.1) is 0 Å². The third kappa shape index (κ3) is 6.76. The summed E-state index contributed by atoms with van der Waals surface area (Å²) in [4.78, 5) is 46.8. The van der Waals surface area contributed by atoms with Crippen LogP contribution in [0.25, 0.3) is 10.8 Å². The van der Waals surface area contributed by atoms with Crippen molar-refractivity contribution < 1.29 is 27.5 Å². The minimum Gasteiger partial charge on any atom is -0.465 e. The van der Waals surface area contributed by atoms with Crippen molar-refractivity contribution in [3.05, 3.63) is 65.9 Å². The lowest BCUT2D eigenvalue weighted by Crippen LogP contribution is -2.59. The third-order valence-corrected chi connectivity index (χ3v) is 10.2. The molecule has 0 bridgehead atoms. The van der Waals surface area contributed by atoms with Gasteiger partial charge in [0.25, 0.3) is 0 Å². The molecule has 11 nitrogen and oxygen atoms in total. The zero-order chi connectivity index (χ0) is 30.6. The van der Waals surface area contributed by atoms with Crippen molar-refractivity contribution in [1.82, 2.24) is 19.5 Å². The first-order valence-electron chi connectivity index (χ1n) is 14.2. The van der Waals surface area contributed by atoms with Crippen LogP contribution in [0.2, 0.25) is 5.02 Å². The molecule has 5 rings (SSSR count). The van der Waals surface area contributed by atoms with E-state index in [9.17, 15) is 22.8 Å². The van der Waals surface area contributed by atoms with E-state index in [1.165, 1.54) is 10.4 Å². The minimum atomic E-state index is -3.94. The predicted octanol–water partition coefficient (Wildman–Crippen LogP) is 2.69. The van der Waals surface area contributed by atoms with Gasteiger partial charge in [0.05, 0.1) is 23.5 Å². The van der Waals surface area contributed by atoms with Crippen molar-refractivity contribution in [1.29, 1.82) is 0 Å². The SMILES string of the molecule is CCOC(=O)CNC(=O)C1(CN2CCN(S(=O)(=O)c3ccc4cc(Cl)ccc4c3)CC2=O)CCN(c2ccncc2)CC1. The molecule has 2 aliphatic heterocycles. The van der Waals surface area contributed by atoms with Gasteiger partial charge >= 0.3 is 5.97 Å². The van der Waals surface area contributed by atoms with E-state index < -0.39 is 21.4 Å². The monoisotopic (exact) mass is 627 g/mol. The van der Waals surface area contributed by atoms with E-state index in [-0.39, 0.29) is 56.0 Å². The first kappa shape index (κ1) is 30.7. The van der Waals surface area contributed by atoms with Gasteiger partial charge in [-0.2, -0.15) is 4.31 Å². The number of piperazine rings is 1. The molecule has 0 spiro atoms. The number of halogens is 1. The molecule has 3 aromatic rings. The molecule has 2 aliphatic rings. The minimum absolute atomic E-state index is 0.0936. The number of amides is 2. The van der Waals surface area contributed by atoms with Crippen LogP contribution in [0.4, 0.5) is 5.69 Å². The maximum absolute atomic E-state index is 13.6. The number of sulfonamides is 1. The van der Waals surface area contributed by atoms with Crippen molar-refractivity contribution in [2.24, 2.45) is 5.41 Å². The van der Waals surface area contributed by atoms with Gasteiger partial charge in [-0.05, 0) is 66.9 Å². The second-order valence-corrected chi connectivity index (χ2v) is 13.1. The number of rotatable bonds is 9. The van der Waals surface area contributed by atoms with Gasteiger partial charge in [0.15, 0.2) is 0 Å². The van der Waals surface area contributed by atoms with Gasteiger partial charge in [-0.25, -0.2) is 8.42 Å². The lowest BCUT2D eigenvalue weighted by atomic mass is 9.76. The molecule has 43 heavy (non-hydrogen) atoms. The average molecular weight is 628 g/mol. The molecule has 0 saturated carbocycles. The first-order valence-corrected chi connectivity index (χ1v) is 16.0. The molecule has 0 atom stereocenters. The number of piperidine rings is 1. The van der Waals surface area contributed by atoms with Crippen LogP contribution in [0.1, 0.15) is 19.8 Å². The number of hydrogen-bond acceptors (Lipinski definition) is 8. The topological polar surface area (TPSA) is 129 Å². The average Bonchev–Trinajstić information content (AvgIpc) is 3.01. The maximum atomic E-state index is 13.6. The molecular formula is C30H34ClN5O6S. The smallest absolute Gasteiger partial charge is 0.325 e. The van der Waals surface area contributed by atoms with E-state index in [2.05, 4.69) is 15.2 Å². The molecule has 1 N–H and O–H groups in total. The normalized spacial score (nSPS) is 17.6. The fraction of sp³-hybridized carbons (Fsp3) is 0.400. The molecule has 2 amide bonds. The molecule has 0 aliphatic carbocycles. The predicted molar refractivity (Wildman–Crippen MR) is 162 cm³/mol. The van der Waals surface area contributed by atoms with E-state index in [1.54, 1.807) is 54.5 Å². The van der Waals surface area contributed by atoms with Crippen LogP contribution in [-0.4, -0.2) is 92.8 Å². The quantitative estimate of drug-likeness (QED) is 0.359. The number of nitrogens with one attached hydrogen (secondary N) is 1. The second-order valence-electron chi connectivity index (χ2n) is 10.8. The highest BCUT2D eigenvalue weighted by atomic mass is 35.5.